The number of esters is 1. The molecule has 1 fully saturated rings. The summed E-state index contributed by atoms with van der Waals surface area (Å²) < 4.78 is 10.5. The molecule has 1 aliphatic heterocycles. The second-order valence-electron chi connectivity index (χ2n) is 8.60. The van der Waals surface area contributed by atoms with Crippen molar-refractivity contribution in [2.75, 3.05) is 32.8 Å². The Bertz CT molecular complexity index is 1190. The van der Waals surface area contributed by atoms with E-state index in [4.69, 9.17) is 14.2 Å². The number of fused-ring (bicyclic) bond motifs is 1. The standard InChI is InChI=1S/C22H30N6O4S/c1-6-31-22(30)17-13(4)16-20(29)24-19(25-21(16)33-17)14(5)28-9-7-27(8-10-28)11-15-23-18(12(2)3)26-32-15/h12,14H,6-11H2,1-5H3,(H,24,25,29). The number of nitrogens with one attached hydrogen (secondary N) is 1. The molecule has 0 radical (unpaired) electrons. The number of thiophene rings is 1. The van der Waals surface area contributed by atoms with E-state index in [-0.39, 0.29) is 24.1 Å². The van der Waals surface area contributed by atoms with E-state index in [1.54, 1.807) is 13.8 Å². The van der Waals surface area contributed by atoms with Crippen LogP contribution in [0.4, 0.5) is 0 Å². The molecular weight excluding hydrogens is 444 g/mol. The number of H-pyrrole nitrogens is 1. The number of aromatic amines is 1. The maximum atomic E-state index is 12.8. The van der Waals surface area contributed by atoms with Crippen LogP contribution < -0.4 is 5.56 Å². The lowest BCUT2D eigenvalue weighted by Gasteiger charge is -2.37. The quantitative estimate of drug-likeness (QED) is 0.516. The zero-order valence-corrected chi connectivity index (χ0v) is 20.5. The number of ether oxygens (including phenoxy) is 1. The monoisotopic (exact) mass is 474 g/mol. The maximum Gasteiger partial charge on any atom is 0.348 e. The summed E-state index contributed by atoms with van der Waals surface area (Å²) in [4.78, 5) is 42.7. The van der Waals surface area contributed by atoms with E-state index in [0.29, 0.717) is 38.9 Å². The second kappa shape index (κ2) is 9.70. The van der Waals surface area contributed by atoms with Gasteiger partial charge in [0.15, 0.2) is 5.82 Å². The lowest BCUT2D eigenvalue weighted by atomic mass is 10.2. The van der Waals surface area contributed by atoms with Crippen molar-refractivity contribution in [2.45, 2.75) is 53.1 Å². The molecule has 0 saturated carbocycles. The van der Waals surface area contributed by atoms with E-state index in [1.165, 1.54) is 11.3 Å². The topological polar surface area (TPSA) is 117 Å². The fourth-order valence-electron chi connectivity index (χ4n) is 3.99. The summed E-state index contributed by atoms with van der Waals surface area (Å²) in [6, 6.07) is -0.0614. The molecule has 1 saturated heterocycles. The summed E-state index contributed by atoms with van der Waals surface area (Å²) in [6.45, 7) is 13.9. The minimum Gasteiger partial charge on any atom is -0.462 e. The smallest absolute Gasteiger partial charge is 0.348 e. The van der Waals surface area contributed by atoms with Crippen LogP contribution in [0, 0.1) is 6.92 Å². The first-order valence-corrected chi connectivity index (χ1v) is 12.1. The van der Waals surface area contributed by atoms with Crippen LogP contribution >= 0.6 is 11.3 Å². The third-order valence-electron chi connectivity index (χ3n) is 5.99. The van der Waals surface area contributed by atoms with Crippen molar-refractivity contribution >= 4 is 27.5 Å². The third-order valence-corrected chi connectivity index (χ3v) is 7.15. The highest BCUT2D eigenvalue weighted by atomic mass is 32.1. The van der Waals surface area contributed by atoms with Gasteiger partial charge in [0.2, 0.25) is 5.89 Å². The molecule has 1 atom stereocenters. The normalized spacial score (nSPS) is 16.5. The van der Waals surface area contributed by atoms with Gasteiger partial charge in [-0.15, -0.1) is 11.3 Å². The predicted molar refractivity (Wildman–Crippen MR) is 125 cm³/mol. The Balaban J connectivity index is 1.44. The van der Waals surface area contributed by atoms with Crippen molar-refractivity contribution in [2.24, 2.45) is 0 Å². The SMILES string of the molecule is CCOC(=O)c1sc2nc(C(C)N3CCN(Cc4nc(C(C)C)no4)CC3)[nH]c(=O)c2c1C. The Morgan fingerprint density at radius 2 is 1.94 bits per heavy atom. The number of hydrogen-bond donors (Lipinski definition) is 1. The van der Waals surface area contributed by atoms with Gasteiger partial charge in [-0.2, -0.15) is 4.98 Å². The van der Waals surface area contributed by atoms with Gasteiger partial charge >= 0.3 is 5.97 Å². The second-order valence-corrected chi connectivity index (χ2v) is 9.60. The van der Waals surface area contributed by atoms with Crippen LogP contribution in [0.3, 0.4) is 0 Å². The molecule has 178 valence electrons. The molecule has 11 heteroatoms. The number of piperazine rings is 1. The molecule has 0 aromatic carbocycles. The number of aromatic nitrogens is 4. The number of hydrogen-bond acceptors (Lipinski definition) is 10. The van der Waals surface area contributed by atoms with Gasteiger partial charge in [0.05, 0.1) is 24.6 Å². The van der Waals surface area contributed by atoms with Gasteiger partial charge < -0.3 is 14.2 Å². The van der Waals surface area contributed by atoms with Gasteiger partial charge in [0.25, 0.3) is 5.56 Å². The maximum absolute atomic E-state index is 12.8. The average Bonchev–Trinajstić information content (AvgIpc) is 3.39. The molecule has 1 aliphatic rings. The molecule has 10 nitrogen and oxygen atoms in total. The molecule has 0 spiro atoms. The lowest BCUT2D eigenvalue weighted by molar-refractivity contribution is 0.0531. The van der Waals surface area contributed by atoms with Crippen molar-refractivity contribution in [3.63, 3.8) is 0 Å². The van der Waals surface area contributed by atoms with Crippen LogP contribution in [0.5, 0.6) is 0 Å². The highest BCUT2D eigenvalue weighted by Gasteiger charge is 2.26. The zero-order chi connectivity index (χ0) is 23.7. The Hall–Kier alpha value is -2.63. The van der Waals surface area contributed by atoms with Gasteiger partial charge in [-0.25, -0.2) is 9.78 Å². The first kappa shape index (κ1) is 23.5. The molecule has 0 bridgehead atoms. The van der Waals surface area contributed by atoms with Gasteiger partial charge in [0.1, 0.15) is 15.5 Å². The average molecular weight is 475 g/mol. The zero-order valence-electron chi connectivity index (χ0n) is 19.7. The number of rotatable bonds is 7. The van der Waals surface area contributed by atoms with Gasteiger partial charge in [-0.05, 0) is 26.3 Å². The minimum atomic E-state index is -0.412. The van der Waals surface area contributed by atoms with Crippen molar-refractivity contribution in [1.29, 1.82) is 0 Å². The molecule has 0 amide bonds. The minimum absolute atomic E-state index is 0.0614. The van der Waals surface area contributed by atoms with Crippen LogP contribution in [0.1, 0.15) is 72.4 Å². The summed E-state index contributed by atoms with van der Waals surface area (Å²) in [6.07, 6.45) is 0. The van der Waals surface area contributed by atoms with Gasteiger partial charge in [-0.3, -0.25) is 14.6 Å². The van der Waals surface area contributed by atoms with Crippen LogP contribution in [0.15, 0.2) is 9.32 Å². The van der Waals surface area contributed by atoms with Crippen LogP contribution in [-0.2, 0) is 11.3 Å². The van der Waals surface area contributed by atoms with E-state index >= 15 is 0 Å². The number of carbonyl (C=O) groups excluding carboxylic acids is 1. The van der Waals surface area contributed by atoms with Gasteiger partial charge in [0, 0.05) is 32.1 Å². The molecular formula is C22H30N6O4S. The van der Waals surface area contributed by atoms with Crippen molar-refractivity contribution in [3.8, 4) is 0 Å². The van der Waals surface area contributed by atoms with Gasteiger partial charge in [-0.1, -0.05) is 19.0 Å². The Kier molecular flexibility index (Phi) is 6.91. The molecule has 33 heavy (non-hydrogen) atoms. The summed E-state index contributed by atoms with van der Waals surface area (Å²) >= 11 is 1.21. The Morgan fingerprint density at radius 1 is 1.21 bits per heavy atom. The van der Waals surface area contributed by atoms with Crippen LogP contribution in [-0.4, -0.2) is 68.7 Å². The lowest BCUT2D eigenvalue weighted by Crippen LogP contribution is -2.47. The Morgan fingerprint density at radius 3 is 2.58 bits per heavy atom. The van der Waals surface area contributed by atoms with E-state index in [2.05, 4.69) is 24.9 Å². The number of aryl methyl sites for hydroxylation is 1. The summed E-state index contributed by atoms with van der Waals surface area (Å²) in [5.41, 5.74) is 0.402. The summed E-state index contributed by atoms with van der Waals surface area (Å²) in [7, 11) is 0. The summed E-state index contributed by atoms with van der Waals surface area (Å²) in [5, 5.41) is 4.50. The fraction of sp³-hybridized carbons (Fsp3) is 0.591. The van der Waals surface area contributed by atoms with Crippen molar-refractivity contribution in [1.82, 2.24) is 29.9 Å². The Labute approximate surface area is 195 Å². The van der Waals surface area contributed by atoms with Crippen LogP contribution in [0.2, 0.25) is 0 Å². The highest BCUT2D eigenvalue weighted by molar-refractivity contribution is 7.20. The molecule has 0 aliphatic carbocycles. The van der Waals surface area contributed by atoms with E-state index in [9.17, 15) is 9.59 Å². The fourth-order valence-corrected chi connectivity index (χ4v) is 5.07. The summed E-state index contributed by atoms with van der Waals surface area (Å²) in [5.74, 6) is 1.81. The van der Waals surface area contributed by atoms with E-state index in [0.717, 1.165) is 32.0 Å². The van der Waals surface area contributed by atoms with Crippen LogP contribution in [0.25, 0.3) is 10.2 Å². The van der Waals surface area contributed by atoms with Crippen molar-refractivity contribution < 1.29 is 14.1 Å². The number of carbonyl (C=O) groups is 1. The molecule has 1 N–H and O–H groups in total. The first-order chi connectivity index (χ1) is 15.8. The third kappa shape index (κ3) is 4.85. The highest BCUT2D eigenvalue weighted by Crippen LogP contribution is 2.29. The molecule has 4 heterocycles. The number of nitrogens with zero attached hydrogens (tertiary/aromatic N) is 5. The predicted octanol–water partition coefficient (Wildman–Crippen LogP) is 2.85. The molecule has 1 unspecified atom stereocenters. The molecule has 4 rings (SSSR count). The van der Waals surface area contributed by atoms with E-state index < -0.39 is 5.97 Å². The first-order valence-electron chi connectivity index (χ1n) is 11.3. The molecule has 3 aromatic heterocycles. The largest absolute Gasteiger partial charge is 0.462 e. The van der Waals surface area contributed by atoms with Crippen molar-refractivity contribution in [3.05, 3.63) is 38.3 Å². The van der Waals surface area contributed by atoms with E-state index in [1.807, 2.05) is 20.8 Å². The molecule has 3 aromatic rings.